The molecule has 5 heteroatoms. The van der Waals surface area contributed by atoms with Gasteiger partial charge in [-0.25, -0.2) is 0 Å². The molecule has 0 N–H and O–H groups in total. The summed E-state index contributed by atoms with van der Waals surface area (Å²) in [6.45, 7) is 14.1. The zero-order valence-corrected chi connectivity index (χ0v) is 31.3. The Morgan fingerprint density at radius 3 is 2.13 bits per heavy atom. The van der Waals surface area contributed by atoms with Gasteiger partial charge in [-0.1, -0.05) is 112 Å². The predicted octanol–water partition coefficient (Wildman–Crippen LogP) is 10.8. The molecule has 7 aromatic rings. The second-order valence-electron chi connectivity index (χ2n) is 14.0. The molecule has 0 fully saturated rings. The van der Waals surface area contributed by atoms with Crippen molar-refractivity contribution in [1.82, 2.24) is 9.97 Å². The van der Waals surface area contributed by atoms with Gasteiger partial charge in [0, 0.05) is 37.9 Å². The van der Waals surface area contributed by atoms with Crippen LogP contribution in [0, 0.1) is 17.5 Å². The van der Waals surface area contributed by atoms with Crippen molar-refractivity contribution in [2.24, 2.45) is 5.41 Å². The minimum Gasteiger partial charge on any atom is -0.500 e. The van der Waals surface area contributed by atoms with Crippen LogP contribution in [0.3, 0.4) is 0 Å². The van der Waals surface area contributed by atoms with Crippen LogP contribution in [0.1, 0.15) is 26.3 Å². The summed E-state index contributed by atoms with van der Waals surface area (Å²) in [6.07, 6.45) is 5.01. The number of hydrogen-bond acceptors (Lipinski definition) is 3. The van der Waals surface area contributed by atoms with Gasteiger partial charge >= 0.3 is 0 Å². The summed E-state index contributed by atoms with van der Waals surface area (Å²) < 4.78 is 6.05. The Morgan fingerprint density at radius 1 is 0.681 bits per heavy atom. The van der Waals surface area contributed by atoms with Crippen LogP contribution < -0.4 is 5.19 Å². The third-order valence-electron chi connectivity index (χ3n) is 7.96. The summed E-state index contributed by atoms with van der Waals surface area (Å²) in [5.74, 6) is 0. The van der Waals surface area contributed by atoms with Gasteiger partial charge in [0.1, 0.15) is 5.58 Å². The number of nitrogens with zero attached hydrogens (tertiary/aromatic N) is 2. The Bertz CT molecular complexity index is 2080. The molecule has 3 heterocycles. The van der Waals surface area contributed by atoms with Crippen LogP contribution in [-0.4, -0.2) is 18.0 Å². The fourth-order valence-electron chi connectivity index (χ4n) is 5.79. The second-order valence-corrected chi connectivity index (χ2v) is 19.0. The van der Waals surface area contributed by atoms with Gasteiger partial charge in [-0.15, -0.1) is 59.7 Å². The van der Waals surface area contributed by atoms with E-state index in [-0.39, 0.29) is 25.5 Å². The van der Waals surface area contributed by atoms with Crippen LogP contribution in [0.4, 0.5) is 0 Å². The average Bonchev–Trinajstić information content (AvgIpc) is 3.42. The fourth-order valence-corrected chi connectivity index (χ4v) is 7.37. The molecule has 0 aliphatic rings. The maximum absolute atomic E-state index is 6.05. The molecule has 0 saturated heterocycles. The number of rotatable bonds is 5. The molecule has 0 bridgehead atoms. The first-order chi connectivity index (χ1) is 22.0. The number of benzene rings is 4. The largest absolute Gasteiger partial charge is 0.500 e. The Morgan fingerprint density at radius 2 is 1.45 bits per heavy atom. The van der Waals surface area contributed by atoms with E-state index in [1.807, 2.05) is 60.7 Å². The van der Waals surface area contributed by atoms with E-state index in [1.165, 1.54) is 16.3 Å². The molecule has 4 aromatic carbocycles. The molecular weight excluding hydrogens is 769 g/mol. The van der Waals surface area contributed by atoms with Crippen LogP contribution in [0.15, 0.2) is 126 Å². The SMILES string of the molecule is CC(C)(C)Cc1cc(-c2[c-]cccc2)ncc1[Si](C)(C)C.[Ir].[c-]1cc2oc3cc(-c4ccccc4)ccc3c2cc1-c1ccccn1. The summed E-state index contributed by atoms with van der Waals surface area (Å²) in [5, 5.41) is 3.69. The van der Waals surface area contributed by atoms with Crippen LogP contribution in [-0.2, 0) is 26.5 Å². The van der Waals surface area contributed by atoms with Crippen LogP contribution >= 0.6 is 0 Å². The topological polar surface area (TPSA) is 38.9 Å². The average molecular weight is 809 g/mol. The zero-order valence-electron chi connectivity index (χ0n) is 27.9. The molecule has 0 atom stereocenters. The van der Waals surface area contributed by atoms with Crippen molar-refractivity contribution in [1.29, 1.82) is 0 Å². The van der Waals surface area contributed by atoms with Crippen molar-refractivity contribution in [3.05, 3.63) is 139 Å². The molecule has 0 aliphatic carbocycles. The fraction of sp³-hybridized carbons (Fsp3) is 0.190. The molecule has 3 aromatic heterocycles. The maximum atomic E-state index is 6.05. The van der Waals surface area contributed by atoms with Crippen molar-refractivity contribution < 1.29 is 24.5 Å². The number of aromatic nitrogens is 2. The Hall–Kier alpha value is -4.15. The Balaban J connectivity index is 0.000000184. The number of furan rings is 1. The summed E-state index contributed by atoms with van der Waals surface area (Å²) in [7, 11) is -1.37. The quantitative estimate of drug-likeness (QED) is 0.128. The van der Waals surface area contributed by atoms with Gasteiger partial charge in [-0.3, -0.25) is 0 Å². The number of fused-ring (bicyclic) bond motifs is 3. The Kier molecular flexibility index (Phi) is 10.4. The predicted molar refractivity (Wildman–Crippen MR) is 196 cm³/mol. The van der Waals surface area contributed by atoms with Gasteiger partial charge in [0.15, 0.2) is 0 Å². The first kappa shape index (κ1) is 34.2. The van der Waals surface area contributed by atoms with Crippen LogP contribution in [0.2, 0.25) is 19.6 Å². The molecule has 0 unspecified atom stereocenters. The third-order valence-corrected chi connectivity index (χ3v) is 10.0. The number of hydrogen-bond donors (Lipinski definition) is 0. The van der Waals surface area contributed by atoms with Gasteiger partial charge in [-0.05, 0) is 51.7 Å². The zero-order chi connectivity index (χ0) is 32.3. The maximum Gasteiger partial charge on any atom is 0.121 e. The first-order valence-corrected chi connectivity index (χ1v) is 19.4. The van der Waals surface area contributed by atoms with E-state index in [0.29, 0.717) is 0 Å². The van der Waals surface area contributed by atoms with Crippen molar-refractivity contribution in [2.75, 3.05) is 0 Å². The van der Waals surface area contributed by atoms with Gasteiger partial charge in [0.05, 0.1) is 13.7 Å². The van der Waals surface area contributed by atoms with Crippen molar-refractivity contribution >= 4 is 35.2 Å². The van der Waals surface area contributed by atoms with E-state index < -0.39 is 8.07 Å². The summed E-state index contributed by atoms with van der Waals surface area (Å²) in [4.78, 5) is 9.12. The van der Waals surface area contributed by atoms with E-state index in [4.69, 9.17) is 9.40 Å². The molecule has 1 radical (unpaired) electrons. The molecular formula is C42H40IrN2OSi-2. The second kappa shape index (κ2) is 14.3. The van der Waals surface area contributed by atoms with E-state index in [9.17, 15) is 0 Å². The molecule has 0 spiro atoms. The van der Waals surface area contributed by atoms with Crippen molar-refractivity contribution in [2.45, 2.75) is 46.8 Å². The molecule has 239 valence electrons. The summed E-state index contributed by atoms with van der Waals surface area (Å²) >= 11 is 0. The van der Waals surface area contributed by atoms with Crippen molar-refractivity contribution in [3.63, 3.8) is 0 Å². The molecule has 3 nitrogen and oxygen atoms in total. The van der Waals surface area contributed by atoms with E-state index >= 15 is 0 Å². The molecule has 47 heavy (non-hydrogen) atoms. The summed E-state index contributed by atoms with van der Waals surface area (Å²) in [5.41, 5.74) is 9.83. The molecule has 0 aliphatic heterocycles. The molecule has 0 saturated carbocycles. The van der Waals surface area contributed by atoms with Gasteiger partial charge in [0.25, 0.3) is 0 Å². The van der Waals surface area contributed by atoms with Crippen LogP contribution in [0.5, 0.6) is 0 Å². The smallest absolute Gasteiger partial charge is 0.121 e. The van der Waals surface area contributed by atoms with Gasteiger partial charge in [0.2, 0.25) is 0 Å². The van der Waals surface area contributed by atoms with E-state index in [0.717, 1.165) is 56.4 Å². The molecule has 7 rings (SSSR count). The normalized spacial score (nSPS) is 11.5. The first-order valence-electron chi connectivity index (χ1n) is 15.9. The van der Waals surface area contributed by atoms with E-state index in [2.05, 4.69) is 112 Å². The molecule has 0 amide bonds. The van der Waals surface area contributed by atoms with Gasteiger partial charge < -0.3 is 14.4 Å². The van der Waals surface area contributed by atoms with Gasteiger partial charge in [-0.2, -0.15) is 0 Å². The van der Waals surface area contributed by atoms with Crippen molar-refractivity contribution in [3.8, 4) is 33.6 Å². The van der Waals surface area contributed by atoms with Crippen LogP contribution in [0.25, 0.3) is 55.6 Å². The number of pyridine rings is 2. The summed E-state index contributed by atoms with van der Waals surface area (Å²) in [6, 6.07) is 43.5. The minimum absolute atomic E-state index is 0. The minimum atomic E-state index is -1.37. The Labute approximate surface area is 293 Å². The standard InChI is InChI=1S/C23H14NO.C19H26NSi.Ir/c1-2-6-16(7-3-1)17-9-11-19-20-14-18(21-8-4-5-13-24-21)10-12-22(20)25-23(19)15-17;1-19(2,3)13-16-12-17(15-10-8-7-9-11-15)20-14-18(16)21(4,5)6;/h1-9,11-15H;7-10,12,14H,13H2,1-6H3;/q2*-1;. The third kappa shape index (κ3) is 8.23. The monoisotopic (exact) mass is 809 g/mol. The van der Waals surface area contributed by atoms with E-state index in [1.54, 1.807) is 6.20 Å².